The fraction of sp³-hybridized carbons (Fsp3) is 0.500. The smallest absolute Gasteiger partial charge is 0.269 e. The maximum absolute atomic E-state index is 11.7. The molecule has 0 atom stereocenters. The van der Waals surface area contributed by atoms with E-state index in [1.807, 2.05) is 12.1 Å². The van der Waals surface area contributed by atoms with Gasteiger partial charge in [0.25, 0.3) is 5.56 Å². The van der Waals surface area contributed by atoms with Gasteiger partial charge in [0, 0.05) is 55.8 Å². The highest BCUT2D eigenvalue weighted by Gasteiger charge is 2.29. The summed E-state index contributed by atoms with van der Waals surface area (Å²) in [6, 6.07) is 6.36. The summed E-state index contributed by atoms with van der Waals surface area (Å²) in [6.07, 6.45) is 10.0. The molecule has 1 aliphatic carbocycles. The average Bonchev–Trinajstić information content (AvgIpc) is 2.60. The summed E-state index contributed by atoms with van der Waals surface area (Å²) in [7, 11) is 1.69. The number of halogens is 1. The summed E-state index contributed by atoms with van der Waals surface area (Å²) in [5.74, 6) is 0.659. The molecule has 0 unspecified atom stereocenters. The van der Waals surface area contributed by atoms with Crippen LogP contribution in [0.5, 0.6) is 5.88 Å². The van der Waals surface area contributed by atoms with Gasteiger partial charge in [-0.1, -0.05) is 18.0 Å². The summed E-state index contributed by atoms with van der Waals surface area (Å²) < 4.78 is 7.56. The lowest BCUT2D eigenvalue weighted by Crippen LogP contribution is -2.46. The Morgan fingerprint density at radius 2 is 1.92 bits per heavy atom. The van der Waals surface area contributed by atoms with Crippen LogP contribution >= 0.6 is 11.6 Å². The topological polar surface area (TPSA) is 47.4 Å². The number of piperidine rings is 1. The van der Waals surface area contributed by atoms with E-state index in [-0.39, 0.29) is 16.7 Å². The average molecular weight is 374 g/mol. The summed E-state index contributed by atoms with van der Waals surface area (Å²) in [5.41, 5.74) is 1.58. The second kappa shape index (κ2) is 7.41. The molecule has 2 aliphatic rings. The van der Waals surface area contributed by atoms with Crippen molar-refractivity contribution in [1.29, 1.82) is 0 Å². The van der Waals surface area contributed by atoms with E-state index >= 15 is 0 Å². The fourth-order valence-electron chi connectivity index (χ4n) is 3.73. The van der Waals surface area contributed by atoms with Crippen LogP contribution < -0.4 is 10.3 Å². The van der Waals surface area contributed by atoms with Crippen LogP contribution in [0.25, 0.3) is 11.1 Å². The molecule has 0 spiro atoms. The molecule has 5 nitrogen and oxygen atoms in total. The van der Waals surface area contributed by atoms with Gasteiger partial charge < -0.3 is 14.2 Å². The van der Waals surface area contributed by atoms with Gasteiger partial charge in [-0.05, 0) is 37.8 Å². The van der Waals surface area contributed by atoms with Gasteiger partial charge in [0.15, 0.2) is 0 Å². The molecule has 1 aliphatic heterocycles. The van der Waals surface area contributed by atoms with E-state index in [1.54, 1.807) is 25.5 Å². The molecule has 4 rings (SSSR count). The molecule has 2 aromatic rings. The van der Waals surface area contributed by atoms with Crippen molar-refractivity contribution in [3.05, 3.63) is 46.0 Å². The first kappa shape index (κ1) is 17.6. The molecule has 3 heterocycles. The Morgan fingerprint density at radius 3 is 2.50 bits per heavy atom. The highest BCUT2D eigenvalue weighted by Crippen LogP contribution is 2.28. The molecule has 138 valence electrons. The quantitative estimate of drug-likeness (QED) is 0.823. The molecule has 0 N–H and O–H groups in total. The Kier molecular flexibility index (Phi) is 5.00. The lowest BCUT2D eigenvalue weighted by molar-refractivity contribution is 0.0475. The molecule has 0 radical (unpaired) electrons. The molecule has 2 fully saturated rings. The Labute approximate surface area is 158 Å². The monoisotopic (exact) mass is 373 g/mol. The van der Waals surface area contributed by atoms with Gasteiger partial charge in [0.1, 0.15) is 11.1 Å². The molecule has 0 aromatic carbocycles. The number of pyridine rings is 2. The summed E-state index contributed by atoms with van der Waals surface area (Å²) in [6.45, 7) is 2.26. The first-order valence-electron chi connectivity index (χ1n) is 9.33. The third kappa shape index (κ3) is 3.64. The van der Waals surface area contributed by atoms with Gasteiger partial charge in [0.05, 0.1) is 0 Å². The van der Waals surface area contributed by atoms with E-state index in [0.29, 0.717) is 5.88 Å². The molecule has 26 heavy (non-hydrogen) atoms. The van der Waals surface area contributed by atoms with Crippen molar-refractivity contribution in [2.24, 2.45) is 7.05 Å². The lowest BCUT2D eigenvalue weighted by atomic mass is 9.90. The Bertz CT molecular complexity index is 796. The van der Waals surface area contributed by atoms with E-state index in [1.165, 1.54) is 23.8 Å². The van der Waals surface area contributed by atoms with Crippen LogP contribution in [0.3, 0.4) is 0 Å². The van der Waals surface area contributed by atoms with Crippen molar-refractivity contribution < 1.29 is 4.74 Å². The molecule has 1 saturated heterocycles. The minimum atomic E-state index is -0.198. The molecule has 6 heteroatoms. The van der Waals surface area contributed by atoms with Gasteiger partial charge >= 0.3 is 0 Å². The molecule has 0 bridgehead atoms. The van der Waals surface area contributed by atoms with Crippen LogP contribution in [0.1, 0.15) is 32.1 Å². The van der Waals surface area contributed by atoms with Crippen molar-refractivity contribution in [3.63, 3.8) is 0 Å². The molecule has 2 aromatic heterocycles. The zero-order chi connectivity index (χ0) is 18.1. The van der Waals surface area contributed by atoms with Gasteiger partial charge in [-0.3, -0.25) is 4.79 Å². The van der Waals surface area contributed by atoms with Crippen LogP contribution in [0, 0.1) is 0 Å². The van der Waals surface area contributed by atoms with Gasteiger partial charge in [-0.15, -0.1) is 0 Å². The van der Waals surface area contributed by atoms with Crippen LogP contribution in [-0.4, -0.2) is 39.7 Å². The number of hydrogen-bond acceptors (Lipinski definition) is 4. The van der Waals surface area contributed by atoms with Gasteiger partial charge in [0.2, 0.25) is 5.88 Å². The number of nitrogens with zero attached hydrogens (tertiary/aromatic N) is 3. The normalized spacial score (nSPS) is 19.3. The summed E-state index contributed by atoms with van der Waals surface area (Å²) in [5, 5.41) is 0.212. The van der Waals surface area contributed by atoms with Crippen molar-refractivity contribution in [2.75, 3.05) is 13.1 Å². The molecular formula is C20H24ClN3O2. The first-order chi connectivity index (χ1) is 12.6. The first-order valence-corrected chi connectivity index (χ1v) is 9.71. The number of hydrogen-bond donors (Lipinski definition) is 0. The minimum absolute atomic E-state index is 0.198. The van der Waals surface area contributed by atoms with Crippen molar-refractivity contribution in [3.8, 4) is 17.0 Å². The molecule has 1 saturated carbocycles. The second-order valence-corrected chi connectivity index (χ2v) is 7.72. The van der Waals surface area contributed by atoms with Crippen LogP contribution in [0.4, 0.5) is 0 Å². The van der Waals surface area contributed by atoms with Crippen molar-refractivity contribution in [2.45, 2.75) is 44.2 Å². The summed E-state index contributed by atoms with van der Waals surface area (Å²) in [4.78, 5) is 18.8. The largest absolute Gasteiger partial charge is 0.474 e. The zero-order valence-electron chi connectivity index (χ0n) is 15.0. The number of likely N-dealkylation sites (tertiary alicyclic amines) is 1. The second-order valence-electron chi connectivity index (χ2n) is 7.32. The van der Waals surface area contributed by atoms with E-state index in [9.17, 15) is 4.79 Å². The Morgan fingerprint density at radius 1 is 1.15 bits per heavy atom. The van der Waals surface area contributed by atoms with Crippen molar-refractivity contribution >= 4 is 11.6 Å². The van der Waals surface area contributed by atoms with Gasteiger partial charge in [-0.25, -0.2) is 4.98 Å². The highest BCUT2D eigenvalue weighted by molar-refractivity contribution is 6.30. The number of aryl methyl sites for hydroxylation is 1. The Hall–Kier alpha value is -1.85. The van der Waals surface area contributed by atoms with E-state index in [0.717, 1.165) is 43.1 Å². The highest BCUT2D eigenvalue weighted by atomic mass is 35.5. The number of aromatic nitrogens is 2. The number of ether oxygens (including phenoxy) is 1. The van der Waals surface area contributed by atoms with Crippen LogP contribution in [0.2, 0.25) is 5.02 Å². The standard InChI is InChI=1S/C20H24ClN3O2/c1-23-13-15(11-18(21)20(23)25)14-5-6-19(22-12-14)26-17-7-9-24(10-8-17)16-3-2-4-16/h5-6,11-13,16-17H,2-4,7-10H2,1H3. The summed E-state index contributed by atoms with van der Waals surface area (Å²) >= 11 is 6.00. The SMILES string of the molecule is Cn1cc(-c2ccc(OC3CCN(C4CCC4)CC3)nc2)cc(Cl)c1=O. The number of rotatable bonds is 4. The third-order valence-corrected chi connectivity index (χ3v) is 5.84. The van der Waals surface area contributed by atoms with Gasteiger partial charge in [-0.2, -0.15) is 0 Å². The van der Waals surface area contributed by atoms with Crippen molar-refractivity contribution in [1.82, 2.24) is 14.5 Å². The Balaban J connectivity index is 1.38. The third-order valence-electron chi connectivity index (χ3n) is 5.56. The van der Waals surface area contributed by atoms with E-state index in [2.05, 4.69) is 9.88 Å². The lowest BCUT2D eigenvalue weighted by Gasteiger charge is -2.41. The maximum Gasteiger partial charge on any atom is 0.269 e. The van der Waals surface area contributed by atoms with E-state index in [4.69, 9.17) is 16.3 Å². The minimum Gasteiger partial charge on any atom is -0.474 e. The molecule has 0 amide bonds. The van der Waals surface area contributed by atoms with E-state index < -0.39 is 0 Å². The predicted octanol–water partition coefficient (Wildman–Crippen LogP) is 3.50. The zero-order valence-corrected chi connectivity index (χ0v) is 15.8. The van der Waals surface area contributed by atoms with Crippen LogP contribution in [-0.2, 0) is 7.05 Å². The predicted molar refractivity (Wildman–Crippen MR) is 103 cm³/mol. The maximum atomic E-state index is 11.7. The van der Waals surface area contributed by atoms with Crippen LogP contribution in [0.15, 0.2) is 35.4 Å². The fourth-order valence-corrected chi connectivity index (χ4v) is 3.98. The molecular weight excluding hydrogens is 350 g/mol.